The number of hydrazone groups is 1. The lowest BCUT2D eigenvalue weighted by Crippen LogP contribution is -2.18. The Morgan fingerprint density at radius 1 is 1.39 bits per heavy atom. The number of nitro groups is 1. The zero-order valence-electron chi connectivity index (χ0n) is 12.0. The molecular weight excluding hydrogens is 305 g/mol. The van der Waals surface area contributed by atoms with Crippen molar-refractivity contribution in [3.05, 3.63) is 69.0 Å². The summed E-state index contributed by atoms with van der Waals surface area (Å²) < 4.78 is 13.4. The van der Waals surface area contributed by atoms with Gasteiger partial charge in [-0.3, -0.25) is 14.9 Å². The SMILES string of the molecule is Cc1cc([N+](=O)[O-])cc(/C=N/NC(=O)c2ccccc2F)c1O. The van der Waals surface area contributed by atoms with E-state index in [0.717, 1.165) is 18.3 Å². The van der Waals surface area contributed by atoms with E-state index >= 15 is 0 Å². The maximum absolute atomic E-state index is 13.4. The van der Waals surface area contributed by atoms with Crippen LogP contribution in [-0.2, 0) is 0 Å². The number of rotatable bonds is 4. The van der Waals surface area contributed by atoms with E-state index in [2.05, 4.69) is 10.5 Å². The highest BCUT2D eigenvalue weighted by atomic mass is 19.1. The van der Waals surface area contributed by atoms with Crippen LogP contribution in [0.2, 0.25) is 0 Å². The van der Waals surface area contributed by atoms with Gasteiger partial charge >= 0.3 is 0 Å². The molecule has 2 aromatic carbocycles. The van der Waals surface area contributed by atoms with Crippen LogP contribution in [0.25, 0.3) is 0 Å². The van der Waals surface area contributed by atoms with Crippen molar-refractivity contribution >= 4 is 17.8 Å². The van der Waals surface area contributed by atoms with E-state index in [1.54, 1.807) is 0 Å². The van der Waals surface area contributed by atoms with Gasteiger partial charge in [0.05, 0.1) is 16.7 Å². The molecule has 0 heterocycles. The Bertz CT molecular complexity index is 805. The minimum Gasteiger partial charge on any atom is -0.507 e. The second-order valence-corrected chi connectivity index (χ2v) is 4.64. The van der Waals surface area contributed by atoms with Crippen molar-refractivity contribution in [3.8, 4) is 5.75 Å². The van der Waals surface area contributed by atoms with Crippen molar-refractivity contribution in [2.75, 3.05) is 0 Å². The molecule has 7 nitrogen and oxygen atoms in total. The fraction of sp³-hybridized carbons (Fsp3) is 0.0667. The fourth-order valence-corrected chi connectivity index (χ4v) is 1.86. The monoisotopic (exact) mass is 317 g/mol. The summed E-state index contributed by atoms with van der Waals surface area (Å²) >= 11 is 0. The minimum atomic E-state index is -0.777. The van der Waals surface area contributed by atoms with E-state index in [0.29, 0.717) is 5.56 Å². The molecule has 0 aromatic heterocycles. The molecule has 0 aliphatic rings. The number of nitro benzene ring substituents is 1. The maximum atomic E-state index is 13.4. The van der Waals surface area contributed by atoms with Crippen LogP contribution in [0.15, 0.2) is 41.5 Å². The number of carbonyl (C=O) groups is 1. The third-order valence-electron chi connectivity index (χ3n) is 3.01. The zero-order chi connectivity index (χ0) is 17.0. The van der Waals surface area contributed by atoms with Crippen LogP contribution >= 0.6 is 0 Å². The fourth-order valence-electron chi connectivity index (χ4n) is 1.86. The molecular formula is C15H12FN3O4. The molecule has 0 saturated carbocycles. The summed E-state index contributed by atoms with van der Waals surface area (Å²) in [5.41, 5.74) is 2.04. The third kappa shape index (κ3) is 3.67. The van der Waals surface area contributed by atoms with Gasteiger partial charge in [0.15, 0.2) is 0 Å². The number of aryl methyl sites for hydroxylation is 1. The molecule has 1 amide bonds. The zero-order valence-corrected chi connectivity index (χ0v) is 12.0. The molecule has 0 saturated heterocycles. The van der Waals surface area contributed by atoms with Gasteiger partial charge in [-0.2, -0.15) is 5.10 Å². The van der Waals surface area contributed by atoms with Crippen LogP contribution < -0.4 is 5.43 Å². The number of halogens is 1. The van der Waals surface area contributed by atoms with Gasteiger partial charge < -0.3 is 5.11 Å². The summed E-state index contributed by atoms with van der Waals surface area (Å²) in [4.78, 5) is 21.9. The van der Waals surface area contributed by atoms with Crippen LogP contribution in [0.1, 0.15) is 21.5 Å². The van der Waals surface area contributed by atoms with Gasteiger partial charge in [0.2, 0.25) is 0 Å². The first-order chi connectivity index (χ1) is 10.9. The summed E-state index contributed by atoms with van der Waals surface area (Å²) in [5.74, 6) is -1.67. The molecule has 0 aliphatic heterocycles. The van der Waals surface area contributed by atoms with Gasteiger partial charge in [0.25, 0.3) is 11.6 Å². The first-order valence-corrected chi connectivity index (χ1v) is 6.46. The molecule has 0 unspecified atom stereocenters. The van der Waals surface area contributed by atoms with E-state index in [-0.39, 0.29) is 22.6 Å². The van der Waals surface area contributed by atoms with Gasteiger partial charge in [-0.05, 0) is 24.6 Å². The van der Waals surface area contributed by atoms with E-state index < -0.39 is 16.6 Å². The number of benzene rings is 2. The number of phenols is 1. The van der Waals surface area contributed by atoms with Crippen molar-refractivity contribution in [1.82, 2.24) is 5.43 Å². The third-order valence-corrected chi connectivity index (χ3v) is 3.01. The number of nitrogens with zero attached hydrogens (tertiary/aromatic N) is 2. The van der Waals surface area contributed by atoms with E-state index in [1.165, 1.54) is 31.2 Å². The van der Waals surface area contributed by atoms with Gasteiger partial charge in [-0.15, -0.1) is 0 Å². The average Bonchev–Trinajstić information content (AvgIpc) is 2.51. The van der Waals surface area contributed by atoms with Crippen LogP contribution in [0.5, 0.6) is 5.75 Å². The number of carbonyl (C=O) groups excluding carboxylic acids is 1. The molecule has 0 radical (unpaired) electrons. The Morgan fingerprint density at radius 2 is 2.09 bits per heavy atom. The van der Waals surface area contributed by atoms with Crippen LogP contribution in [0, 0.1) is 22.9 Å². The lowest BCUT2D eigenvalue weighted by atomic mass is 10.1. The molecule has 0 spiro atoms. The first-order valence-electron chi connectivity index (χ1n) is 6.46. The van der Waals surface area contributed by atoms with Gasteiger partial charge in [-0.1, -0.05) is 12.1 Å². The number of nitrogens with one attached hydrogen (secondary N) is 1. The molecule has 0 atom stereocenters. The van der Waals surface area contributed by atoms with Crippen LogP contribution in [0.3, 0.4) is 0 Å². The topological polar surface area (TPSA) is 105 Å². The van der Waals surface area contributed by atoms with Crippen molar-refractivity contribution in [2.24, 2.45) is 5.10 Å². The maximum Gasteiger partial charge on any atom is 0.274 e. The average molecular weight is 317 g/mol. The largest absolute Gasteiger partial charge is 0.507 e. The van der Waals surface area contributed by atoms with Gasteiger partial charge in [0.1, 0.15) is 11.6 Å². The second kappa shape index (κ2) is 6.65. The number of phenolic OH excluding ortho intramolecular Hbond substituents is 1. The molecule has 2 N–H and O–H groups in total. The summed E-state index contributed by atoms with van der Waals surface area (Å²) in [6.07, 6.45) is 1.05. The molecule has 0 fully saturated rings. The number of hydrogen-bond donors (Lipinski definition) is 2. The molecule has 23 heavy (non-hydrogen) atoms. The Balaban J connectivity index is 2.19. The van der Waals surface area contributed by atoms with Crippen molar-refractivity contribution in [3.63, 3.8) is 0 Å². The lowest BCUT2D eigenvalue weighted by Gasteiger charge is -2.04. The van der Waals surface area contributed by atoms with Crippen LogP contribution in [0.4, 0.5) is 10.1 Å². The summed E-state index contributed by atoms with van der Waals surface area (Å²) in [7, 11) is 0. The number of hydrogen-bond acceptors (Lipinski definition) is 5. The lowest BCUT2D eigenvalue weighted by molar-refractivity contribution is -0.384. The Labute approximate surface area is 130 Å². The van der Waals surface area contributed by atoms with Crippen LogP contribution in [-0.4, -0.2) is 22.2 Å². The Hall–Kier alpha value is -3.29. The highest BCUT2D eigenvalue weighted by Gasteiger charge is 2.13. The highest BCUT2D eigenvalue weighted by molar-refractivity contribution is 5.95. The molecule has 2 rings (SSSR count). The second-order valence-electron chi connectivity index (χ2n) is 4.64. The number of aromatic hydroxyl groups is 1. The van der Waals surface area contributed by atoms with Crippen molar-refractivity contribution < 1.29 is 19.2 Å². The predicted molar refractivity (Wildman–Crippen MR) is 81.0 cm³/mol. The van der Waals surface area contributed by atoms with E-state index in [9.17, 15) is 24.4 Å². The van der Waals surface area contributed by atoms with Gasteiger partial charge in [-0.25, -0.2) is 9.82 Å². The summed E-state index contributed by atoms with van der Waals surface area (Å²) in [5, 5.41) is 24.2. The van der Waals surface area contributed by atoms with E-state index in [1.807, 2.05) is 0 Å². The molecule has 118 valence electrons. The summed E-state index contributed by atoms with van der Waals surface area (Å²) in [6, 6.07) is 7.69. The Kier molecular flexibility index (Phi) is 4.65. The number of amides is 1. The van der Waals surface area contributed by atoms with E-state index in [4.69, 9.17) is 0 Å². The quantitative estimate of drug-likeness (QED) is 0.513. The van der Waals surface area contributed by atoms with Crippen molar-refractivity contribution in [1.29, 1.82) is 0 Å². The van der Waals surface area contributed by atoms with Crippen molar-refractivity contribution in [2.45, 2.75) is 6.92 Å². The normalized spacial score (nSPS) is 10.7. The van der Waals surface area contributed by atoms with Gasteiger partial charge in [0, 0.05) is 17.7 Å². The first kappa shape index (κ1) is 16.1. The Morgan fingerprint density at radius 3 is 2.74 bits per heavy atom. The molecule has 0 aliphatic carbocycles. The predicted octanol–water partition coefficient (Wildman–Crippen LogP) is 2.51. The molecule has 8 heteroatoms. The smallest absolute Gasteiger partial charge is 0.274 e. The number of non-ortho nitro benzene ring substituents is 1. The minimum absolute atomic E-state index is 0.0607. The molecule has 0 bridgehead atoms. The standard InChI is InChI=1S/C15H12FN3O4/c1-9-6-11(19(22)23)7-10(14(9)20)8-17-18-15(21)12-4-2-3-5-13(12)16/h2-8,20H,1H3,(H,18,21)/b17-8+. The molecule has 2 aromatic rings. The highest BCUT2D eigenvalue weighted by Crippen LogP contribution is 2.26. The summed E-state index contributed by atoms with van der Waals surface area (Å²) in [6.45, 7) is 1.50.